The van der Waals surface area contributed by atoms with Crippen LogP contribution < -0.4 is 10.6 Å². The number of rotatable bonds is 10. The molecule has 166 valence electrons. The summed E-state index contributed by atoms with van der Waals surface area (Å²) in [6.07, 6.45) is 2.91. The molecule has 0 aliphatic carbocycles. The Morgan fingerprint density at radius 1 is 1.23 bits per heavy atom. The fourth-order valence-electron chi connectivity index (χ4n) is 2.77. The predicted octanol–water partition coefficient (Wildman–Crippen LogP) is 1.66. The molecule has 2 heterocycles. The van der Waals surface area contributed by atoms with Crippen LogP contribution in [0.25, 0.3) is 11.2 Å². The summed E-state index contributed by atoms with van der Waals surface area (Å²) in [5, 5.41) is 0. The average molecular weight is 448 g/mol. The molecule has 2 aromatic heterocycles. The molecule has 1 unspecified atom stereocenters. The third-order valence-corrected chi connectivity index (χ3v) is 4.58. The van der Waals surface area contributed by atoms with Crippen molar-refractivity contribution >= 4 is 32.9 Å². The van der Waals surface area contributed by atoms with Gasteiger partial charge in [0.1, 0.15) is 11.6 Å². The van der Waals surface area contributed by atoms with Crippen molar-refractivity contribution in [1.29, 1.82) is 0 Å². The molecule has 11 heteroatoms. The van der Waals surface area contributed by atoms with Gasteiger partial charge in [0.25, 0.3) is 10.1 Å². The summed E-state index contributed by atoms with van der Waals surface area (Å²) in [4.78, 5) is 18.7. The summed E-state index contributed by atoms with van der Waals surface area (Å²) in [7, 11) is -3.77. The number of nitrogens with two attached hydrogens (primary N) is 1. The van der Waals surface area contributed by atoms with Crippen LogP contribution >= 0.6 is 0 Å². The highest BCUT2D eigenvalue weighted by molar-refractivity contribution is 7.86. The van der Waals surface area contributed by atoms with E-state index in [9.17, 15) is 8.42 Å². The highest BCUT2D eigenvalue weighted by Gasteiger charge is 2.24. The third-order valence-electron chi connectivity index (χ3n) is 3.95. The molecule has 0 spiro atoms. The molecule has 0 aliphatic heterocycles. The number of aromatic nitrogens is 4. The number of benzene rings is 1. The first-order valence-electron chi connectivity index (χ1n) is 10.0. The van der Waals surface area contributed by atoms with Crippen molar-refractivity contribution < 1.29 is 18.7 Å². The van der Waals surface area contributed by atoms with Crippen LogP contribution in [0.2, 0.25) is 0 Å². The first-order valence-corrected chi connectivity index (χ1v) is 11.4. The van der Waals surface area contributed by atoms with Crippen molar-refractivity contribution in [3.05, 3.63) is 48.9 Å². The van der Waals surface area contributed by atoms with Gasteiger partial charge in [-0.25, -0.2) is 15.0 Å². The maximum atomic E-state index is 11.9. The standard InChI is InChI=1S/C20H26N6O4S/c1-20(2,21)14-29-13-16(30-31(3,27)28)12-26(15-7-5-4-6-8-15)19-24-11-17-18(25-19)23-10-9-22-17/h4-11,16H,12-14,21H2,1-3H3/i10D. The van der Waals surface area contributed by atoms with Crippen LogP contribution in [0, 0.1) is 0 Å². The summed E-state index contributed by atoms with van der Waals surface area (Å²) in [5.74, 6) is 0.254. The summed E-state index contributed by atoms with van der Waals surface area (Å²) in [6, 6.07) is 9.20. The number of fused-ring (bicyclic) bond motifs is 1. The normalized spacial score (nSPS) is 13.7. The summed E-state index contributed by atoms with van der Waals surface area (Å²) in [5.41, 5.74) is 6.78. The van der Waals surface area contributed by atoms with E-state index in [0.29, 0.717) is 11.2 Å². The topological polar surface area (TPSA) is 133 Å². The first-order chi connectivity index (χ1) is 15.0. The van der Waals surface area contributed by atoms with Crippen molar-refractivity contribution in [2.24, 2.45) is 5.73 Å². The fourth-order valence-corrected chi connectivity index (χ4v) is 3.39. The molecule has 0 fully saturated rings. The number of hydrogen-bond acceptors (Lipinski definition) is 10. The zero-order chi connectivity index (χ0) is 23.4. The van der Waals surface area contributed by atoms with E-state index in [0.717, 1.165) is 6.26 Å². The van der Waals surface area contributed by atoms with Crippen LogP contribution in [0.3, 0.4) is 0 Å². The number of nitrogens with zero attached hydrogens (tertiary/aromatic N) is 5. The number of para-hydroxylation sites is 1. The molecule has 0 radical (unpaired) electrons. The Balaban J connectivity index is 1.94. The zero-order valence-electron chi connectivity index (χ0n) is 18.6. The van der Waals surface area contributed by atoms with Crippen LogP contribution in [0.5, 0.6) is 0 Å². The predicted molar refractivity (Wildman–Crippen MR) is 117 cm³/mol. The van der Waals surface area contributed by atoms with Gasteiger partial charge < -0.3 is 15.4 Å². The van der Waals surface area contributed by atoms with Gasteiger partial charge in [-0.2, -0.15) is 13.4 Å². The molecular weight excluding hydrogens is 420 g/mol. The summed E-state index contributed by atoms with van der Waals surface area (Å²) in [6.45, 7) is 3.89. The first kappa shape index (κ1) is 21.5. The van der Waals surface area contributed by atoms with E-state index in [1.807, 2.05) is 30.3 Å². The van der Waals surface area contributed by atoms with E-state index < -0.39 is 21.8 Å². The number of ether oxygens (including phenoxy) is 1. The van der Waals surface area contributed by atoms with Gasteiger partial charge in [-0.15, -0.1) is 0 Å². The van der Waals surface area contributed by atoms with E-state index in [-0.39, 0.29) is 37.5 Å². The van der Waals surface area contributed by atoms with E-state index in [1.54, 1.807) is 18.7 Å². The molecule has 3 aromatic rings. The molecule has 0 bridgehead atoms. The van der Waals surface area contributed by atoms with Crippen molar-refractivity contribution in [1.82, 2.24) is 19.9 Å². The number of hydrogen-bond donors (Lipinski definition) is 1. The number of anilines is 2. The van der Waals surface area contributed by atoms with Gasteiger partial charge in [-0.05, 0) is 26.0 Å². The Kier molecular flexibility index (Phi) is 6.66. The van der Waals surface area contributed by atoms with Crippen LogP contribution in [0.15, 0.2) is 48.9 Å². The second-order valence-corrected chi connectivity index (χ2v) is 9.35. The second-order valence-electron chi connectivity index (χ2n) is 7.75. The van der Waals surface area contributed by atoms with Gasteiger partial charge in [0, 0.05) is 23.6 Å². The Morgan fingerprint density at radius 3 is 2.65 bits per heavy atom. The summed E-state index contributed by atoms with van der Waals surface area (Å²) >= 11 is 0. The monoisotopic (exact) mass is 447 g/mol. The quantitative estimate of drug-likeness (QED) is 0.457. The van der Waals surface area contributed by atoms with Crippen molar-refractivity contribution in [2.75, 3.05) is 30.9 Å². The van der Waals surface area contributed by atoms with Crippen LogP contribution in [-0.2, 0) is 19.0 Å². The van der Waals surface area contributed by atoms with Gasteiger partial charge in [-0.3, -0.25) is 4.18 Å². The lowest BCUT2D eigenvalue weighted by Gasteiger charge is -2.28. The van der Waals surface area contributed by atoms with E-state index in [1.165, 1.54) is 12.4 Å². The molecule has 0 aliphatic rings. The van der Waals surface area contributed by atoms with Gasteiger partial charge in [0.05, 0.1) is 33.6 Å². The highest BCUT2D eigenvalue weighted by atomic mass is 32.2. The lowest BCUT2D eigenvalue weighted by Crippen LogP contribution is -2.41. The third kappa shape index (κ3) is 7.17. The minimum absolute atomic E-state index is 0.0126. The van der Waals surface area contributed by atoms with Crippen LogP contribution in [0.4, 0.5) is 11.6 Å². The molecule has 3 rings (SSSR count). The minimum Gasteiger partial charge on any atom is -0.377 e. The Hall–Kier alpha value is -2.73. The maximum Gasteiger partial charge on any atom is 0.264 e. The second kappa shape index (κ2) is 9.60. The van der Waals surface area contributed by atoms with Crippen LogP contribution in [0.1, 0.15) is 15.2 Å². The average Bonchev–Trinajstić information content (AvgIpc) is 2.70. The smallest absolute Gasteiger partial charge is 0.264 e. The zero-order valence-corrected chi connectivity index (χ0v) is 18.4. The molecule has 2 N–H and O–H groups in total. The van der Waals surface area contributed by atoms with Crippen molar-refractivity contribution in [3.63, 3.8) is 0 Å². The van der Waals surface area contributed by atoms with Crippen LogP contribution in [-0.4, -0.2) is 66.0 Å². The largest absolute Gasteiger partial charge is 0.377 e. The molecule has 31 heavy (non-hydrogen) atoms. The molecule has 1 aromatic carbocycles. The molecule has 0 saturated carbocycles. The van der Waals surface area contributed by atoms with E-state index >= 15 is 0 Å². The SMILES string of the molecule is [2H]c1cnc2cnc(N(CC(COCC(C)(C)N)OS(C)(=O)=O)c3ccccc3)nc2n1. The molecule has 1 atom stereocenters. The molecule has 0 saturated heterocycles. The lowest BCUT2D eigenvalue weighted by molar-refractivity contribution is 0.0378. The van der Waals surface area contributed by atoms with Gasteiger partial charge in [0.2, 0.25) is 5.95 Å². The van der Waals surface area contributed by atoms with E-state index in [4.69, 9.17) is 16.0 Å². The minimum atomic E-state index is -3.77. The maximum absolute atomic E-state index is 11.9. The molecule has 0 amide bonds. The Labute approximate surface area is 183 Å². The lowest BCUT2D eigenvalue weighted by atomic mass is 10.1. The Bertz CT molecular complexity index is 1160. The van der Waals surface area contributed by atoms with Crippen molar-refractivity contribution in [3.8, 4) is 0 Å². The van der Waals surface area contributed by atoms with Gasteiger partial charge in [-0.1, -0.05) is 18.2 Å². The summed E-state index contributed by atoms with van der Waals surface area (Å²) < 4.78 is 42.4. The van der Waals surface area contributed by atoms with Gasteiger partial charge in [0.15, 0.2) is 5.65 Å². The van der Waals surface area contributed by atoms with Gasteiger partial charge >= 0.3 is 0 Å². The van der Waals surface area contributed by atoms with E-state index in [2.05, 4.69) is 19.9 Å². The molecule has 10 nitrogen and oxygen atoms in total. The highest BCUT2D eigenvalue weighted by Crippen LogP contribution is 2.24. The Morgan fingerprint density at radius 2 is 1.97 bits per heavy atom. The van der Waals surface area contributed by atoms with Crippen molar-refractivity contribution in [2.45, 2.75) is 25.5 Å². The fraction of sp³-hybridized carbons (Fsp3) is 0.400. The molecular formula is C20H26N6O4S.